The molecule has 0 saturated heterocycles. The Morgan fingerprint density at radius 3 is 1.41 bits per heavy atom. The molecule has 0 aromatic heterocycles. The Morgan fingerprint density at radius 2 is 1.05 bits per heavy atom. The molecule has 0 spiro atoms. The van der Waals surface area contributed by atoms with Crippen LogP contribution in [0.2, 0.25) is 0 Å². The van der Waals surface area contributed by atoms with Gasteiger partial charge in [0.15, 0.2) is 0 Å². The lowest BCUT2D eigenvalue weighted by Gasteiger charge is -2.31. The average Bonchev–Trinajstić information content (AvgIpc) is 2.52. The lowest BCUT2D eigenvalue weighted by atomic mass is 9.99. The van der Waals surface area contributed by atoms with Crippen LogP contribution in [-0.2, 0) is 0 Å². The molecule has 0 aliphatic carbocycles. The van der Waals surface area contributed by atoms with E-state index in [1.54, 1.807) is 0 Å². The van der Waals surface area contributed by atoms with Gasteiger partial charge in [-0.05, 0) is 12.8 Å². The van der Waals surface area contributed by atoms with Crippen LogP contribution in [-0.4, -0.2) is 47.5 Å². The summed E-state index contributed by atoms with van der Waals surface area (Å²) < 4.78 is 0. The van der Waals surface area contributed by atoms with Gasteiger partial charge in [-0.2, -0.15) is 0 Å². The van der Waals surface area contributed by atoms with E-state index >= 15 is 0 Å². The summed E-state index contributed by atoms with van der Waals surface area (Å²) >= 11 is 0. The van der Waals surface area contributed by atoms with Gasteiger partial charge in [-0.25, -0.2) is 0 Å². The summed E-state index contributed by atoms with van der Waals surface area (Å²) in [6.07, 6.45) is 15.6. The van der Waals surface area contributed by atoms with Crippen LogP contribution >= 0.6 is 0 Å². The van der Waals surface area contributed by atoms with Gasteiger partial charge in [0.1, 0.15) is 0 Å². The van der Waals surface area contributed by atoms with Gasteiger partial charge < -0.3 is 10.2 Å². The third kappa shape index (κ3) is 12.4. The van der Waals surface area contributed by atoms with Crippen LogP contribution in [0.3, 0.4) is 0 Å². The van der Waals surface area contributed by atoms with Crippen molar-refractivity contribution in [1.82, 2.24) is 4.90 Å². The van der Waals surface area contributed by atoms with Crippen molar-refractivity contribution in [1.29, 1.82) is 0 Å². The highest BCUT2D eigenvalue weighted by Gasteiger charge is 2.17. The maximum absolute atomic E-state index is 9.27. The zero-order valence-corrected chi connectivity index (χ0v) is 15.2. The van der Waals surface area contributed by atoms with Crippen molar-refractivity contribution >= 4 is 0 Å². The van der Waals surface area contributed by atoms with Crippen molar-refractivity contribution < 1.29 is 10.2 Å². The molecule has 0 aromatic rings. The van der Waals surface area contributed by atoms with Crippen molar-refractivity contribution in [2.45, 2.75) is 96.9 Å². The Kier molecular flexibility index (Phi) is 17.1. The molecule has 0 fully saturated rings. The molecule has 0 aromatic carbocycles. The molecule has 0 aliphatic heterocycles. The van der Waals surface area contributed by atoms with Crippen molar-refractivity contribution in [3.05, 3.63) is 0 Å². The predicted molar refractivity (Wildman–Crippen MR) is 96.3 cm³/mol. The Hall–Kier alpha value is -0.120. The van der Waals surface area contributed by atoms with E-state index < -0.39 is 0 Å². The fraction of sp³-hybridized carbons (Fsp3) is 1.00. The second kappa shape index (κ2) is 17.2. The van der Waals surface area contributed by atoms with Crippen LogP contribution in [0.15, 0.2) is 0 Å². The van der Waals surface area contributed by atoms with Crippen LogP contribution in [0.1, 0.15) is 90.9 Å². The number of unbranched alkanes of at least 4 members (excludes halogenated alkanes) is 8. The van der Waals surface area contributed by atoms with E-state index in [2.05, 4.69) is 18.7 Å². The zero-order valence-electron chi connectivity index (χ0n) is 15.2. The van der Waals surface area contributed by atoms with E-state index in [4.69, 9.17) is 0 Å². The van der Waals surface area contributed by atoms with Crippen LogP contribution in [0, 0.1) is 0 Å². The summed E-state index contributed by atoms with van der Waals surface area (Å²) in [5.41, 5.74) is 0. The van der Waals surface area contributed by atoms with Crippen LogP contribution in [0.4, 0.5) is 0 Å². The Labute approximate surface area is 139 Å². The Bertz CT molecular complexity index is 192. The molecule has 3 nitrogen and oxygen atoms in total. The molecule has 0 saturated carbocycles. The smallest absolute Gasteiger partial charge is 0.0558 e. The fourth-order valence-corrected chi connectivity index (χ4v) is 3.21. The molecule has 22 heavy (non-hydrogen) atoms. The quantitative estimate of drug-likeness (QED) is 0.392. The third-order valence-electron chi connectivity index (χ3n) is 4.57. The highest BCUT2D eigenvalue weighted by molar-refractivity contribution is 4.72. The largest absolute Gasteiger partial charge is 0.395 e. The van der Waals surface area contributed by atoms with Gasteiger partial charge in [-0.15, -0.1) is 0 Å². The lowest BCUT2D eigenvalue weighted by molar-refractivity contribution is 0.109. The minimum Gasteiger partial charge on any atom is -0.395 e. The first kappa shape index (κ1) is 21.9. The van der Waals surface area contributed by atoms with E-state index in [0.29, 0.717) is 19.1 Å². The first-order valence-corrected chi connectivity index (χ1v) is 9.75. The molecule has 0 radical (unpaired) electrons. The highest BCUT2D eigenvalue weighted by Crippen LogP contribution is 2.18. The number of rotatable bonds is 17. The minimum absolute atomic E-state index is 0.197. The molecule has 134 valence electrons. The molecule has 0 bridgehead atoms. The van der Waals surface area contributed by atoms with E-state index in [1.807, 2.05) is 0 Å². The molecule has 0 amide bonds. The van der Waals surface area contributed by atoms with Gasteiger partial charge in [-0.3, -0.25) is 4.90 Å². The van der Waals surface area contributed by atoms with Gasteiger partial charge in [0.05, 0.1) is 13.2 Å². The Morgan fingerprint density at radius 1 is 0.636 bits per heavy atom. The van der Waals surface area contributed by atoms with Gasteiger partial charge in [-0.1, -0.05) is 78.1 Å². The monoisotopic (exact) mass is 315 g/mol. The first-order chi connectivity index (χ1) is 10.8. The molecule has 0 heterocycles. The first-order valence-electron chi connectivity index (χ1n) is 9.75. The summed E-state index contributed by atoms with van der Waals surface area (Å²) in [5, 5.41) is 18.5. The summed E-state index contributed by atoms with van der Waals surface area (Å²) in [5.74, 6) is 0. The molecule has 0 aliphatic rings. The SMILES string of the molecule is CCCCCCCC(CCCCCCC)N(CCO)CCO. The van der Waals surface area contributed by atoms with E-state index in [1.165, 1.54) is 77.0 Å². The third-order valence-corrected chi connectivity index (χ3v) is 4.57. The summed E-state index contributed by atoms with van der Waals surface area (Å²) in [6.45, 7) is 6.31. The second-order valence-corrected chi connectivity index (χ2v) is 6.54. The predicted octanol–water partition coefficient (Wildman–Crippen LogP) is 4.36. The summed E-state index contributed by atoms with van der Waals surface area (Å²) in [7, 11) is 0. The van der Waals surface area contributed by atoms with Gasteiger partial charge in [0.25, 0.3) is 0 Å². The van der Waals surface area contributed by atoms with Crippen LogP contribution in [0.25, 0.3) is 0 Å². The van der Waals surface area contributed by atoms with Crippen molar-refractivity contribution in [2.75, 3.05) is 26.3 Å². The molecular formula is C19H41NO2. The van der Waals surface area contributed by atoms with E-state index in [-0.39, 0.29) is 13.2 Å². The highest BCUT2D eigenvalue weighted by atomic mass is 16.3. The van der Waals surface area contributed by atoms with Crippen LogP contribution < -0.4 is 0 Å². The average molecular weight is 316 g/mol. The van der Waals surface area contributed by atoms with Gasteiger partial charge in [0, 0.05) is 19.1 Å². The number of hydrogen-bond donors (Lipinski definition) is 2. The van der Waals surface area contributed by atoms with Crippen molar-refractivity contribution in [2.24, 2.45) is 0 Å². The number of aliphatic hydroxyl groups excluding tert-OH is 2. The van der Waals surface area contributed by atoms with Crippen LogP contribution in [0.5, 0.6) is 0 Å². The van der Waals surface area contributed by atoms with Gasteiger partial charge in [0.2, 0.25) is 0 Å². The summed E-state index contributed by atoms with van der Waals surface area (Å²) in [6, 6.07) is 0.544. The molecule has 3 heteroatoms. The van der Waals surface area contributed by atoms with Crippen molar-refractivity contribution in [3.8, 4) is 0 Å². The fourth-order valence-electron chi connectivity index (χ4n) is 3.21. The molecule has 0 atom stereocenters. The topological polar surface area (TPSA) is 43.7 Å². The number of aliphatic hydroxyl groups is 2. The summed E-state index contributed by atoms with van der Waals surface area (Å²) in [4.78, 5) is 2.31. The number of hydrogen-bond acceptors (Lipinski definition) is 3. The van der Waals surface area contributed by atoms with Crippen molar-refractivity contribution in [3.63, 3.8) is 0 Å². The molecule has 0 rings (SSSR count). The normalized spacial score (nSPS) is 11.7. The zero-order chi connectivity index (χ0) is 16.5. The van der Waals surface area contributed by atoms with Gasteiger partial charge >= 0.3 is 0 Å². The van der Waals surface area contributed by atoms with E-state index in [9.17, 15) is 10.2 Å². The standard InChI is InChI=1S/C19H41NO2/c1-3-5-7-9-11-13-19(14-12-10-8-6-4-2)20(15-17-21)16-18-22/h19,21-22H,3-18H2,1-2H3. The maximum atomic E-state index is 9.27. The number of nitrogens with zero attached hydrogens (tertiary/aromatic N) is 1. The molecule has 2 N–H and O–H groups in total. The molecular weight excluding hydrogens is 274 g/mol. The Balaban J connectivity index is 4.14. The lowest BCUT2D eigenvalue weighted by Crippen LogP contribution is -2.39. The maximum Gasteiger partial charge on any atom is 0.0558 e. The molecule has 0 unspecified atom stereocenters. The second-order valence-electron chi connectivity index (χ2n) is 6.54. The van der Waals surface area contributed by atoms with E-state index in [0.717, 1.165) is 0 Å². The minimum atomic E-state index is 0.197.